The maximum Gasteiger partial charge on any atom is 0.220 e. The second-order valence-corrected chi connectivity index (χ2v) is 16.5. The van der Waals surface area contributed by atoms with Gasteiger partial charge in [-0.1, -0.05) is 258 Å². The fourth-order valence-electron chi connectivity index (χ4n) is 7.72. The Kier molecular flexibility index (Phi) is 43.3. The summed E-state index contributed by atoms with van der Waals surface area (Å²) in [6, 6.07) is -0.526. The van der Waals surface area contributed by atoms with Gasteiger partial charge in [0.05, 0.1) is 18.8 Å². The predicted octanol–water partition coefficient (Wildman–Crippen LogP) is 14.9. The Bertz CT molecular complexity index is 655. The van der Waals surface area contributed by atoms with Crippen molar-refractivity contribution in [2.75, 3.05) is 6.61 Å². The SMILES string of the molecule is CCCCCCCCCCCCCCCCCCCCCCCCCCCCCCCCCCCCC(=O)NC(CO)C(O)CCCCCCC. The van der Waals surface area contributed by atoms with Crippen LogP contribution in [0.2, 0.25) is 0 Å². The fourth-order valence-corrected chi connectivity index (χ4v) is 7.72. The molecular weight excluding hydrogens is 627 g/mol. The molecule has 0 aromatic heterocycles. The number of aliphatic hydroxyl groups is 2. The Balaban J connectivity index is 3.25. The average molecular weight is 722 g/mol. The van der Waals surface area contributed by atoms with E-state index in [2.05, 4.69) is 19.2 Å². The number of nitrogens with one attached hydrogen (secondary N) is 1. The van der Waals surface area contributed by atoms with Crippen LogP contribution in [0.4, 0.5) is 0 Å². The molecule has 0 bridgehead atoms. The number of rotatable bonds is 44. The van der Waals surface area contributed by atoms with Crippen LogP contribution in [0.15, 0.2) is 0 Å². The third-order valence-electron chi connectivity index (χ3n) is 11.4. The van der Waals surface area contributed by atoms with Crippen molar-refractivity contribution in [3.8, 4) is 0 Å². The minimum absolute atomic E-state index is 0.0324. The third-order valence-corrected chi connectivity index (χ3v) is 11.4. The maximum absolute atomic E-state index is 12.3. The van der Waals surface area contributed by atoms with Crippen LogP contribution >= 0.6 is 0 Å². The second-order valence-electron chi connectivity index (χ2n) is 16.5. The highest BCUT2D eigenvalue weighted by Gasteiger charge is 2.20. The molecule has 0 aliphatic rings. The van der Waals surface area contributed by atoms with Gasteiger partial charge in [0, 0.05) is 6.42 Å². The van der Waals surface area contributed by atoms with E-state index in [9.17, 15) is 15.0 Å². The number of hydrogen-bond acceptors (Lipinski definition) is 3. The molecule has 1 amide bonds. The predicted molar refractivity (Wildman–Crippen MR) is 226 cm³/mol. The van der Waals surface area contributed by atoms with Gasteiger partial charge in [-0.15, -0.1) is 0 Å². The van der Waals surface area contributed by atoms with Crippen LogP contribution in [-0.4, -0.2) is 34.9 Å². The van der Waals surface area contributed by atoms with Crippen LogP contribution in [0.25, 0.3) is 0 Å². The smallest absolute Gasteiger partial charge is 0.220 e. The molecule has 0 heterocycles. The van der Waals surface area contributed by atoms with Gasteiger partial charge in [-0.05, 0) is 12.8 Å². The Morgan fingerprint density at radius 2 is 0.627 bits per heavy atom. The molecule has 0 radical (unpaired) electrons. The van der Waals surface area contributed by atoms with Crippen LogP contribution in [-0.2, 0) is 4.79 Å². The molecule has 306 valence electrons. The van der Waals surface area contributed by atoms with Crippen LogP contribution in [0.5, 0.6) is 0 Å². The highest BCUT2D eigenvalue weighted by atomic mass is 16.3. The lowest BCUT2D eigenvalue weighted by Gasteiger charge is -2.22. The zero-order chi connectivity index (χ0) is 37.1. The van der Waals surface area contributed by atoms with Crippen molar-refractivity contribution in [2.45, 2.75) is 289 Å². The largest absolute Gasteiger partial charge is 0.394 e. The van der Waals surface area contributed by atoms with Crippen molar-refractivity contribution in [1.29, 1.82) is 0 Å². The molecule has 4 nitrogen and oxygen atoms in total. The summed E-state index contributed by atoms with van der Waals surface area (Å²) in [5, 5.41) is 22.8. The molecule has 2 unspecified atom stereocenters. The van der Waals surface area contributed by atoms with Crippen LogP contribution < -0.4 is 5.32 Å². The summed E-state index contributed by atoms with van der Waals surface area (Å²) >= 11 is 0. The molecule has 0 spiro atoms. The van der Waals surface area contributed by atoms with E-state index in [0.717, 1.165) is 25.7 Å². The molecule has 4 heteroatoms. The first-order valence-corrected chi connectivity index (χ1v) is 23.7. The lowest BCUT2D eigenvalue weighted by atomic mass is 10.0. The molecule has 0 saturated carbocycles. The van der Waals surface area contributed by atoms with Gasteiger partial charge >= 0.3 is 0 Å². The van der Waals surface area contributed by atoms with Crippen molar-refractivity contribution in [2.24, 2.45) is 0 Å². The van der Waals surface area contributed by atoms with E-state index in [4.69, 9.17) is 0 Å². The first-order valence-electron chi connectivity index (χ1n) is 23.7. The zero-order valence-electron chi connectivity index (χ0n) is 35.2. The topological polar surface area (TPSA) is 69.6 Å². The Hall–Kier alpha value is -0.610. The van der Waals surface area contributed by atoms with Crippen LogP contribution in [0.3, 0.4) is 0 Å². The fraction of sp³-hybridized carbons (Fsp3) is 0.979. The highest BCUT2D eigenvalue weighted by Crippen LogP contribution is 2.17. The molecule has 0 aromatic rings. The number of carbonyl (C=O) groups excluding carboxylic acids is 1. The number of carbonyl (C=O) groups is 1. The number of unbranched alkanes of at least 4 members (excludes halogenated alkanes) is 37. The Morgan fingerprint density at radius 1 is 0.392 bits per heavy atom. The maximum atomic E-state index is 12.3. The molecule has 0 fully saturated rings. The minimum Gasteiger partial charge on any atom is -0.394 e. The van der Waals surface area contributed by atoms with Gasteiger partial charge in [-0.25, -0.2) is 0 Å². The summed E-state index contributed by atoms with van der Waals surface area (Å²) < 4.78 is 0. The Morgan fingerprint density at radius 3 is 0.882 bits per heavy atom. The van der Waals surface area contributed by atoms with Gasteiger partial charge in [0.1, 0.15) is 0 Å². The zero-order valence-corrected chi connectivity index (χ0v) is 35.2. The summed E-state index contributed by atoms with van der Waals surface area (Å²) in [6.07, 6.45) is 54.0. The van der Waals surface area contributed by atoms with Gasteiger partial charge in [-0.2, -0.15) is 0 Å². The van der Waals surface area contributed by atoms with Gasteiger partial charge in [0.25, 0.3) is 0 Å². The van der Waals surface area contributed by atoms with Crippen molar-refractivity contribution < 1.29 is 15.0 Å². The number of aliphatic hydroxyl groups excluding tert-OH is 2. The van der Waals surface area contributed by atoms with Gasteiger partial charge in [0.2, 0.25) is 5.91 Å². The van der Waals surface area contributed by atoms with Crippen molar-refractivity contribution in [3.05, 3.63) is 0 Å². The molecule has 3 N–H and O–H groups in total. The highest BCUT2D eigenvalue weighted by molar-refractivity contribution is 5.76. The normalized spacial score (nSPS) is 12.8. The molecule has 2 atom stereocenters. The monoisotopic (exact) mass is 722 g/mol. The third kappa shape index (κ3) is 40.4. The lowest BCUT2D eigenvalue weighted by Crippen LogP contribution is -2.45. The molecular formula is C47H95NO3. The van der Waals surface area contributed by atoms with E-state index >= 15 is 0 Å². The number of amides is 1. The lowest BCUT2D eigenvalue weighted by molar-refractivity contribution is -0.123. The quantitative estimate of drug-likeness (QED) is 0.0549. The minimum atomic E-state index is -0.649. The van der Waals surface area contributed by atoms with Crippen molar-refractivity contribution in [1.82, 2.24) is 5.32 Å². The van der Waals surface area contributed by atoms with E-state index in [1.54, 1.807) is 0 Å². The van der Waals surface area contributed by atoms with E-state index in [1.165, 1.54) is 225 Å². The van der Waals surface area contributed by atoms with Crippen molar-refractivity contribution in [3.63, 3.8) is 0 Å². The molecule has 0 rings (SSSR count). The molecule has 0 aliphatic carbocycles. The standard InChI is InChI=1S/C47H95NO3/c1-3-5-7-9-10-11-12-13-14-15-16-17-18-19-20-21-22-23-24-25-26-27-28-29-30-31-32-33-34-35-36-37-39-41-43-47(51)48-45(44-49)46(50)42-40-38-8-6-4-2/h45-46,49-50H,3-44H2,1-2H3,(H,48,51). The van der Waals surface area contributed by atoms with Crippen LogP contribution in [0.1, 0.15) is 277 Å². The molecule has 51 heavy (non-hydrogen) atoms. The summed E-state index contributed by atoms with van der Waals surface area (Å²) in [7, 11) is 0. The Labute approximate surface area is 321 Å². The first-order chi connectivity index (χ1) is 25.2. The van der Waals surface area contributed by atoms with E-state index in [0.29, 0.717) is 12.8 Å². The molecule has 0 saturated heterocycles. The second kappa shape index (κ2) is 43.8. The number of hydrogen-bond donors (Lipinski definition) is 3. The van der Waals surface area contributed by atoms with E-state index < -0.39 is 12.1 Å². The summed E-state index contributed by atoms with van der Waals surface area (Å²) in [6.45, 7) is 4.30. The van der Waals surface area contributed by atoms with Gasteiger partial charge < -0.3 is 15.5 Å². The summed E-state index contributed by atoms with van der Waals surface area (Å²) in [4.78, 5) is 12.3. The summed E-state index contributed by atoms with van der Waals surface area (Å²) in [5.74, 6) is -0.0324. The van der Waals surface area contributed by atoms with Crippen LogP contribution in [0, 0.1) is 0 Å². The van der Waals surface area contributed by atoms with E-state index in [-0.39, 0.29) is 12.5 Å². The van der Waals surface area contributed by atoms with Crippen molar-refractivity contribution >= 4 is 5.91 Å². The van der Waals surface area contributed by atoms with Gasteiger partial charge in [-0.3, -0.25) is 4.79 Å². The average Bonchev–Trinajstić information content (AvgIpc) is 3.13. The van der Waals surface area contributed by atoms with Gasteiger partial charge in [0.15, 0.2) is 0 Å². The van der Waals surface area contributed by atoms with E-state index in [1.807, 2.05) is 0 Å². The molecule has 0 aromatic carbocycles. The first kappa shape index (κ1) is 50.4. The molecule has 0 aliphatic heterocycles. The summed E-state index contributed by atoms with van der Waals surface area (Å²) in [5.41, 5.74) is 0.